The lowest BCUT2D eigenvalue weighted by atomic mass is 10.0. The second kappa shape index (κ2) is 8.24. The first-order valence-corrected chi connectivity index (χ1v) is 10.1. The highest BCUT2D eigenvalue weighted by Crippen LogP contribution is 2.27. The van der Waals surface area contributed by atoms with Crippen LogP contribution in [-0.4, -0.2) is 25.7 Å². The monoisotopic (exact) mass is 419 g/mol. The number of aromatic nitrogens is 4. The van der Waals surface area contributed by atoms with Gasteiger partial charge in [-0.25, -0.2) is 9.67 Å². The Balaban J connectivity index is 1.58. The van der Waals surface area contributed by atoms with Gasteiger partial charge >= 0.3 is 0 Å². The number of pyridine rings is 2. The number of hydrogen-bond donors (Lipinski definition) is 1. The van der Waals surface area contributed by atoms with E-state index in [0.717, 1.165) is 11.4 Å². The molecule has 3 heterocycles. The molecule has 1 aromatic carbocycles. The summed E-state index contributed by atoms with van der Waals surface area (Å²) in [5, 5.41) is 8.24. The van der Waals surface area contributed by atoms with E-state index in [0.29, 0.717) is 39.8 Å². The van der Waals surface area contributed by atoms with Crippen LogP contribution in [0.15, 0.2) is 54.9 Å². The maximum absolute atomic E-state index is 12.8. The second-order valence-electron chi connectivity index (χ2n) is 7.53. The van der Waals surface area contributed by atoms with Crippen LogP contribution < -0.4 is 5.32 Å². The lowest BCUT2D eigenvalue weighted by Crippen LogP contribution is -2.13. The van der Waals surface area contributed by atoms with Gasteiger partial charge in [-0.15, -0.1) is 0 Å². The van der Waals surface area contributed by atoms with Crippen molar-refractivity contribution in [2.24, 2.45) is 0 Å². The molecule has 0 aliphatic rings. The zero-order valence-electron chi connectivity index (χ0n) is 17.1. The van der Waals surface area contributed by atoms with Gasteiger partial charge in [0.1, 0.15) is 0 Å². The van der Waals surface area contributed by atoms with Crippen LogP contribution in [0.3, 0.4) is 0 Å². The van der Waals surface area contributed by atoms with Crippen LogP contribution in [0.2, 0.25) is 5.02 Å². The Bertz CT molecular complexity index is 1210. The van der Waals surface area contributed by atoms with Crippen molar-refractivity contribution in [3.63, 3.8) is 0 Å². The average molecular weight is 420 g/mol. The summed E-state index contributed by atoms with van der Waals surface area (Å²) < 4.78 is 1.73. The van der Waals surface area contributed by atoms with E-state index in [1.54, 1.807) is 10.9 Å². The first-order valence-electron chi connectivity index (χ1n) is 9.76. The Labute approximate surface area is 179 Å². The molecule has 0 fully saturated rings. The lowest BCUT2D eigenvalue weighted by molar-refractivity contribution is 0.102. The van der Waals surface area contributed by atoms with Gasteiger partial charge in [-0.1, -0.05) is 43.6 Å². The van der Waals surface area contributed by atoms with Gasteiger partial charge in [-0.05, 0) is 42.7 Å². The van der Waals surface area contributed by atoms with E-state index in [4.69, 9.17) is 11.6 Å². The van der Waals surface area contributed by atoms with Crippen molar-refractivity contribution in [2.45, 2.75) is 33.2 Å². The highest BCUT2D eigenvalue weighted by molar-refractivity contribution is 6.38. The highest BCUT2D eigenvalue weighted by atomic mass is 35.5. The molecule has 1 N–H and O–H groups in total. The fourth-order valence-electron chi connectivity index (χ4n) is 3.26. The quantitative estimate of drug-likeness (QED) is 0.481. The molecule has 0 radical (unpaired) electrons. The van der Waals surface area contributed by atoms with E-state index in [1.165, 1.54) is 11.8 Å². The van der Waals surface area contributed by atoms with Crippen LogP contribution in [0.25, 0.3) is 11.0 Å². The number of rotatable bonds is 5. The molecule has 3 aromatic heterocycles. The molecule has 6 nitrogen and oxygen atoms in total. The van der Waals surface area contributed by atoms with Gasteiger partial charge in [0, 0.05) is 17.6 Å². The van der Waals surface area contributed by atoms with Crippen LogP contribution in [0, 0.1) is 6.92 Å². The lowest BCUT2D eigenvalue weighted by Gasteiger charge is -2.10. The van der Waals surface area contributed by atoms with Gasteiger partial charge < -0.3 is 5.32 Å². The predicted octanol–water partition coefficient (Wildman–Crippen LogP) is 5.21. The van der Waals surface area contributed by atoms with Crippen LogP contribution in [0.1, 0.15) is 47.1 Å². The van der Waals surface area contributed by atoms with Gasteiger partial charge in [-0.2, -0.15) is 5.10 Å². The van der Waals surface area contributed by atoms with E-state index >= 15 is 0 Å². The number of anilines is 1. The third-order valence-electron chi connectivity index (χ3n) is 4.94. The number of nitrogens with zero attached hydrogens (tertiary/aromatic N) is 4. The van der Waals surface area contributed by atoms with Crippen LogP contribution in [-0.2, 0) is 6.54 Å². The minimum Gasteiger partial charge on any atom is -0.322 e. The third-order valence-corrected chi connectivity index (χ3v) is 5.35. The molecule has 0 unspecified atom stereocenters. The number of amides is 1. The van der Waals surface area contributed by atoms with Gasteiger partial charge in [0.2, 0.25) is 0 Å². The Kier molecular flexibility index (Phi) is 5.50. The summed E-state index contributed by atoms with van der Waals surface area (Å²) in [6.45, 7) is 6.68. The Morgan fingerprint density at radius 3 is 2.60 bits per heavy atom. The van der Waals surface area contributed by atoms with Crippen molar-refractivity contribution >= 4 is 34.2 Å². The van der Waals surface area contributed by atoms with Crippen LogP contribution >= 0.6 is 11.6 Å². The molecule has 4 rings (SSSR count). The molecule has 0 spiro atoms. The first-order chi connectivity index (χ1) is 14.4. The zero-order chi connectivity index (χ0) is 21.3. The highest BCUT2D eigenvalue weighted by Gasteiger charge is 2.17. The van der Waals surface area contributed by atoms with Crippen molar-refractivity contribution < 1.29 is 4.79 Å². The molecule has 0 saturated carbocycles. The van der Waals surface area contributed by atoms with Crippen molar-refractivity contribution in [3.8, 4) is 0 Å². The molecule has 0 aliphatic heterocycles. The molecule has 0 bridgehead atoms. The largest absolute Gasteiger partial charge is 0.322 e. The standard InChI is InChI=1S/C23H22ClN5O/c1-14(2)16-7-9-17(10-8-16)28-23(30)20-11-25-22-19(21(20)24)12-26-29(22)13-18-6-4-5-15(3)27-18/h4-12,14H,13H2,1-3H3,(H,28,30). The number of fused-ring (bicyclic) bond motifs is 1. The number of hydrogen-bond acceptors (Lipinski definition) is 4. The molecular formula is C23H22ClN5O. The average Bonchev–Trinajstić information content (AvgIpc) is 3.12. The third kappa shape index (κ3) is 4.04. The van der Waals surface area contributed by atoms with Crippen LogP contribution in [0.4, 0.5) is 5.69 Å². The summed E-state index contributed by atoms with van der Waals surface area (Å²) >= 11 is 6.54. The molecule has 7 heteroatoms. The van der Waals surface area contributed by atoms with E-state index in [-0.39, 0.29) is 5.91 Å². The van der Waals surface area contributed by atoms with E-state index < -0.39 is 0 Å². The topological polar surface area (TPSA) is 72.7 Å². The normalized spacial score (nSPS) is 11.2. The number of halogens is 1. The SMILES string of the molecule is Cc1cccc(Cn2ncc3c(Cl)c(C(=O)Nc4ccc(C(C)C)cc4)cnc32)n1. The maximum atomic E-state index is 12.8. The fraction of sp³-hybridized carbons (Fsp3) is 0.217. The summed E-state index contributed by atoms with van der Waals surface area (Å²) in [4.78, 5) is 21.7. The summed E-state index contributed by atoms with van der Waals surface area (Å²) in [5.74, 6) is 0.127. The van der Waals surface area contributed by atoms with E-state index in [9.17, 15) is 4.79 Å². The van der Waals surface area contributed by atoms with Crippen molar-refractivity contribution in [2.75, 3.05) is 5.32 Å². The summed E-state index contributed by atoms with van der Waals surface area (Å²) in [5.41, 5.74) is 4.66. The number of nitrogens with one attached hydrogen (secondary N) is 1. The fourth-order valence-corrected chi connectivity index (χ4v) is 3.53. The molecule has 30 heavy (non-hydrogen) atoms. The minimum atomic E-state index is -0.306. The van der Waals surface area contributed by atoms with Gasteiger partial charge in [-0.3, -0.25) is 9.78 Å². The van der Waals surface area contributed by atoms with Crippen molar-refractivity contribution in [1.29, 1.82) is 0 Å². The molecule has 4 aromatic rings. The van der Waals surface area contributed by atoms with Crippen molar-refractivity contribution in [3.05, 3.63) is 82.4 Å². The molecule has 1 amide bonds. The Morgan fingerprint density at radius 2 is 1.90 bits per heavy atom. The molecular weight excluding hydrogens is 398 g/mol. The zero-order valence-corrected chi connectivity index (χ0v) is 17.8. The van der Waals surface area contributed by atoms with Gasteiger partial charge in [0.05, 0.1) is 34.4 Å². The molecule has 0 aliphatic carbocycles. The van der Waals surface area contributed by atoms with E-state index in [2.05, 4.69) is 34.2 Å². The Morgan fingerprint density at radius 1 is 1.13 bits per heavy atom. The van der Waals surface area contributed by atoms with Gasteiger partial charge in [0.25, 0.3) is 5.91 Å². The molecule has 0 atom stereocenters. The number of carbonyl (C=O) groups excluding carboxylic acids is 1. The maximum Gasteiger partial charge on any atom is 0.258 e. The number of carbonyl (C=O) groups is 1. The summed E-state index contributed by atoms with van der Waals surface area (Å²) in [6, 6.07) is 13.6. The number of aryl methyl sites for hydroxylation is 1. The van der Waals surface area contributed by atoms with E-state index in [1.807, 2.05) is 49.4 Å². The van der Waals surface area contributed by atoms with Gasteiger partial charge in [0.15, 0.2) is 5.65 Å². The first kappa shape index (κ1) is 20.0. The summed E-state index contributed by atoms with van der Waals surface area (Å²) in [7, 11) is 0. The van der Waals surface area contributed by atoms with Crippen molar-refractivity contribution in [1.82, 2.24) is 19.7 Å². The minimum absolute atomic E-state index is 0.306. The molecule has 0 saturated heterocycles. The predicted molar refractivity (Wildman–Crippen MR) is 119 cm³/mol. The number of benzene rings is 1. The molecule has 152 valence electrons. The Hall–Kier alpha value is -3.25. The summed E-state index contributed by atoms with van der Waals surface area (Å²) in [6.07, 6.45) is 3.12. The smallest absolute Gasteiger partial charge is 0.258 e. The second-order valence-corrected chi connectivity index (χ2v) is 7.90. The van der Waals surface area contributed by atoms with Crippen LogP contribution in [0.5, 0.6) is 0 Å².